The Morgan fingerprint density at radius 2 is 1.68 bits per heavy atom. The number of carbonyl (C=O) groups is 3. The largest absolute Gasteiger partial charge is 0.489 e. The maximum absolute atomic E-state index is 13.4. The average Bonchev–Trinajstić information content (AvgIpc) is 3.22. The average molecular weight is 821 g/mol. The number of anilines is 2. The van der Waals surface area contributed by atoms with Crippen molar-refractivity contribution in [1.82, 2.24) is 35.5 Å². The molecule has 3 aliphatic heterocycles. The highest BCUT2D eigenvalue weighted by molar-refractivity contribution is 6.31. The predicted molar refractivity (Wildman–Crippen MR) is 222 cm³/mol. The van der Waals surface area contributed by atoms with E-state index in [1.165, 1.54) is 4.68 Å². The molecule has 3 saturated heterocycles. The fraction of sp³-hybridized carbons (Fsp3) is 0.488. The van der Waals surface area contributed by atoms with Gasteiger partial charge >= 0.3 is 0 Å². The van der Waals surface area contributed by atoms with Gasteiger partial charge in [-0.25, -0.2) is 4.68 Å². The number of ether oxygens (including phenoxy) is 1. The van der Waals surface area contributed by atoms with Gasteiger partial charge in [0.1, 0.15) is 24.0 Å². The van der Waals surface area contributed by atoms with E-state index in [0.29, 0.717) is 27.6 Å². The van der Waals surface area contributed by atoms with Gasteiger partial charge in [-0.1, -0.05) is 39.3 Å². The van der Waals surface area contributed by atoms with E-state index in [9.17, 15) is 24.4 Å². The van der Waals surface area contributed by atoms with Crippen LogP contribution in [0.15, 0.2) is 59.5 Å². The Kier molecular flexibility index (Phi) is 10.8. The lowest BCUT2D eigenvalue weighted by Crippen LogP contribution is -2.74. The highest BCUT2D eigenvalue weighted by Gasteiger charge is 2.64. The number of nitrogens with one attached hydrogen (secondary N) is 2. The number of aromatic nitrogens is 4. The first-order valence-corrected chi connectivity index (χ1v) is 20.7. The summed E-state index contributed by atoms with van der Waals surface area (Å²) >= 11 is 6.24. The van der Waals surface area contributed by atoms with Crippen molar-refractivity contribution in [3.8, 4) is 11.8 Å². The van der Waals surface area contributed by atoms with Gasteiger partial charge < -0.3 is 19.9 Å². The summed E-state index contributed by atoms with van der Waals surface area (Å²) < 4.78 is 7.56. The van der Waals surface area contributed by atoms with Gasteiger partial charge in [-0.05, 0) is 67.6 Å². The molecule has 3 amide bonds. The van der Waals surface area contributed by atoms with Gasteiger partial charge in [0.2, 0.25) is 5.91 Å². The number of imide groups is 1. The molecule has 308 valence electrons. The summed E-state index contributed by atoms with van der Waals surface area (Å²) in [6, 6.07) is 15.5. The molecule has 2 N–H and O–H groups in total. The molecule has 5 heterocycles. The van der Waals surface area contributed by atoms with Crippen molar-refractivity contribution in [1.29, 1.82) is 5.26 Å². The third-order valence-electron chi connectivity index (χ3n) is 12.8. The molecule has 2 aromatic heterocycles. The Labute approximate surface area is 347 Å². The number of piperazine rings is 1. The molecule has 1 aliphatic carbocycles. The van der Waals surface area contributed by atoms with Crippen molar-refractivity contribution >= 4 is 51.6 Å². The fourth-order valence-corrected chi connectivity index (χ4v) is 10.0. The summed E-state index contributed by atoms with van der Waals surface area (Å²) in [5.74, 6) is 0.829. The molecular formula is C43H49ClN10O5. The van der Waals surface area contributed by atoms with Crippen LogP contribution in [-0.4, -0.2) is 101 Å². The number of amides is 3. The van der Waals surface area contributed by atoms with E-state index in [2.05, 4.69) is 74.4 Å². The number of halogens is 1. The second kappa shape index (κ2) is 15.9. The van der Waals surface area contributed by atoms with Gasteiger partial charge in [0.25, 0.3) is 17.4 Å². The normalized spacial score (nSPS) is 23.3. The van der Waals surface area contributed by atoms with E-state index >= 15 is 0 Å². The first kappa shape index (κ1) is 40.2. The lowest BCUT2D eigenvalue weighted by Gasteiger charge is -2.63. The number of fused-ring (bicyclic) bond motifs is 1. The quantitative estimate of drug-likeness (QED) is 0.229. The highest BCUT2D eigenvalue weighted by Crippen LogP contribution is 2.55. The molecule has 0 radical (unpaired) electrons. The zero-order valence-corrected chi connectivity index (χ0v) is 34.5. The molecule has 4 fully saturated rings. The molecule has 1 saturated carbocycles. The predicted octanol–water partition coefficient (Wildman–Crippen LogP) is 4.34. The van der Waals surface area contributed by atoms with Gasteiger partial charge in [0.15, 0.2) is 11.5 Å². The van der Waals surface area contributed by atoms with Gasteiger partial charge in [-0.15, -0.1) is 10.2 Å². The number of hydrogen-bond donors (Lipinski definition) is 2. The molecule has 15 nitrogen and oxygen atoms in total. The van der Waals surface area contributed by atoms with Crippen LogP contribution in [0.5, 0.6) is 5.75 Å². The van der Waals surface area contributed by atoms with Crippen LogP contribution in [0.25, 0.3) is 10.8 Å². The molecule has 1 atom stereocenters. The summed E-state index contributed by atoms with van der Waals surface area (Å²) in [7, 11) is 0. The van der Waals surface area contributed by atoms with Crippen LogP contribution >= 0.6 is 11.6 Å². The molecule has 0 bridgehead atoms. The SMILES string of the molecule is CC1(C)C(NC(=O)c2ccc(N3CCC(CN4CCN(c5ccc6c(=O)n([C@H]7CCC(=O)NC7=O)ncc6c5)CC4)CC3)nn2)C(C)(C)C1Oc1ccc(C#N)c(Cl)c1. The minimum Gasteiger partial charge on any atom is -0.489 e. The summed E-state index contributed by atoms with van der Waals surface area (Å²) in [6.07, 6.45) is 3.95. The topological polar surface area (TPSA) is 179 Å². The molecule has 4 aliphatic rings. The second-order valence-corrected chi connectivity index (χ2v) is 17.8. The lowest BCUT2D eigenvalue weighted by atomic mass is 9.49. The van der Waals surface area contributed by atoms with E-state index in [4.69, 9.17) is 16.3 Å². The zero-order valence-electron chi connectivity index (χ0n) is 33.8. The van der Waals surface area contributed by atoms with Gasteiger partial charge in [-0.2, -0.15) is 10.4 Å². The molecule has 16 heteroatoms. The summed E-state index contributed by atoms with van der Waals surface area (Å²) in [4.78, 5) is 57.7. The minimum absolute atomic E-state index is 0.179. The Morgan fingerprint density at radius 1 is 0.932 bits per heavy atom. The Balaban J connectivity index is 0.792. The molecule has 59 heavy (non-hydrogen) atoms. The van der Waals surface area contributed by atoms with Crippen molar-refractivity contribution in [2.24, 2.45) is 16.7 Å². The van der Waals surface area contributed by atoms with Gasteiger partial charge in [0.05, 0.1) is 22.2 Å². The Morgan fingerprint density at radius 3 is 2.34 bits per heavy atom. The smallest absolute Gasteiger partial charge is 0.275 e. The molecule has 4 aromatic rings. The number of piperidine rings is 2. The van der Waals surface area contributed by atoms with E-state index in [0.717, 1.165) is 75.5 Å². The first-order chi connectivity index (χ1) is 28.2. The Hall–Kier alpha value is -5.59. The lowest BCUT2D eigenvalue weighted by molar-refractivity contribution is -0.164. The number of benzene rings is 2. The Bertz CT molecular complexity index is 2360. The maximum atomic E-state index is 13.4. The van der Waals surface area contributed by atoms with E-state index < -0.39 is 22.8 Å². The summed E-state index contributed by atoms with van der Waals surface area (Å²) in [5, 5.41) is 29.4. The van der Waals surface area contributed by atoms with Crippen LogP contribution in [0.1, 0.15) is 75.5 Å². The zero-order chi connectivity index (χ0) is 41.6. The number of nitrogens with zero attached hydrogens (tertiary/aromatic N) is 8. The van der Waals surface area contributed by atoms with Gasteiger partial charge in [-0.3, -0.25) is 29.4 Å². The molecule has 0 spiro atoms. The van der Waals surface area contributed by atoms with Crippen LogP contribution in [-0.2, 0) is 9.59 Å². The highest BCUT2D eigenvalue weighted by atomic mass is 35.5. The van der Waals surface area contributed by atoms with Crippen LogP contribution in [0.2, 0.25) is 5.02 Å². The van der Waals surface area contributed by atoms with Crippen molar-refractivity contribution in [3.63, 3.8) is 0 Å². The van der Waals surface area contributed by atoms with E-state index in [1.54, 1.807) is 30.5 Å². The van der Waals surface area contributed by atoms with E-state index in [-0.39, 0.29) is 48.1 Å². The van der Waals surface area contributed by atoms with Crippen molar-refractivity contribution in [2.45, 2.75) is 71.6 Å². The molecule has 8 rings (SSSR count). The number of rotatable bonds is 9. The van der Waals surface area contributed by atoms with Crippen molar-refractivity contribution < 1.29 is 19.1 Å². The first-order valence-electron chi connectivity index (χ1n) is 20.3. The number of hydrogen-bond acceptors (Lipinski definition) is 12. The monoisotopic (exact) mass is 820 g/mol. The van der Waals surface area contributed by atoms with Gasteiger partial charge in [0, 0.05) is 86.2 Å². The standard InChI is InChI=1S/C43H49ClN10O5/c1-42(2)40(43(3,4)41(42)59-30-7-5-27(23-45)32(44)22-30)48-37(56)33-9-11-35(50-49-33)53-15-13-26(14-16-53)25-51-17-19-52(20-18-51)29-6-8-31-28(21-29)24-46-54(39(31)58)34-10-12-36(55)47-38(34)57/h5-9,11,21-22,24,26,34,40-41H,10,12-20,25H2,1-4H3,(H,48,56)(H,47,55,57)/t34-,40?,41?/m0/s1. The number of carbonyl (C=O) groups excluding carboxylic acids is 3. The van der Waals surface area contributed by atoms with E-state index in [1.807, 2.05) is 24.3 Å². The summed E-state index contributed by atoms with van der Waals surface area (Å²) in [5.41, 5.74) is 0.583. The third kappa shape index (κ3) is 7.83. The molecule has 0 unspecified atom stereocenters. The maximum Gasteiger partial charge on any atom is 0.275 e. The van der Waals surface area contributed by atoms with Crippen LogP contribution in [0.4, 0.5) is 11.5 Å². The van der Waals surface area contributed by atoms with Crippen LogP contribution in [0, 0.1) is 28.1 Å². The second-order valence-electron chi connectivity index (χ2n) is 17.4. The number of nitriles is 1. The van der Waals surface area contributed by atoms with Crippen LogP contribution in [0.3, 0.4) is 0 Å². The molecular weight excluding hydrogens is 772 g/mol. The molecule has 2 aromatic carbocycles. The summed E-state index contributed by atoms with van der Waals surface area (Å²) in [6.45, 7) is 14.7. The fourth-order valence-electron chi connectivity index (χ4n) is 9.80. The van der Waals surface area contributed by atoms with Crippen molar-refractivity contribution in [3.05, 3.63) is 81.4 Å². The third-order valence-corrected chi connectivity index (χ3v) is 13.1. The minimum atomic E-state index is -0.787. The van der Waals surface area contributed by atoms with Crippen LogP contribution < -0.4 is 30.7 Å². The van der Waals surface area contributed by atoms with Crippen molar-refractivity contribution in [2.75, 3.05) is 55.6 Å².